The molecule has 5 nitrogen and oxygen atoms in total. The molecule has 3 rings (SSSR count). The van der Waals surface area contributed by atoms with Gasteiger partial charge in [-0.25, -0.2) is 0 Å². The van der Waals surface area contributed by atoms with Gasteiger partial charge in [0.1, 0.15) is 0 Å². The predicted octanol–water partition coefficient (Wildman–Crippen LogP) is 1.74. The highest BCUT2D eigenvalue weighted by Crippen LogP contribution is 2.29. The van der Waals surface area contributed by atoms with Crippen molar-refractivity contribution in [2.45, 2.75) is 30.8 Å². The van der Waals surface area contributed by atoms with E-state index < -0.39 is 0 Å². The second kappa shape index (κ2) is 8.43. The summed E-state index contributed by atoms with van der Waals surface area (Å²) in [6, 6.07) is 8.98. The Bertz CT molecular complexity index is 587. The van der Waals surface area contributed by atoms with Gasteiger partial charge in [0.25, 0.3) is 0 Å². The van der Waals surface area contributed by atoms with Crippen molar-refractivity contribution < 1.29 is 4.79 Å². The molecule has 0 spiro atoms. The van der Waals surface area contributed by atoms with E-state index in [0.717, 1.165) is 45.8 Å². The molecule has 2 aliphatic rings. The van der Waals surface area contributed by atoms with Crippen molar-refractivity contribution in [2.24, 2.45) is 0 Å². The molecule has 1 amide bonds. The first-order valence-corrected chi connectivity index (χ1v) is 10.5. The van der Waals surface area contributed by atoms with Crippen LogP contribution in [0.1, 0.15) is 13.8 Å². The van der Waals surface area contributed by atoms with Gasteiger partial charge in [-0.3, -0.25) is 9.69 Å². The van der Waals surface area contributed by atoms with Crippen molar-refractivity contribution in [3.8, 4) is 0 Å². The minimum Gasteiger partial charge on any atom is -0.367 e. The molecular formula is C19H30N4OS. The molecule has 1 atom stereocenters. The van der Waals surface area contributed by atoms with Crippen molar-refractivity contribution in [3.63, 3.8) is 0 Å². The second-order valence-corrected chi connectivity index (χ2v) is 7.93. The van der Waals surface area contributed by atoms with Crippen LogP contribution in [0.3, 0.4) is 0 Å². The molecule has 2 fully saturated rings. The van der Waals surface area contributed by atoms with Crippen LogP contribution in [0.5, 0.6) is 0 Å². The van der Waals surface area contributed by atoms with Crippen molar-refractivity contribution in [1.29, 1.82) is 0 Å². The van der Waals surface area contributed by atoms with Gasteiger partial charge < -0.3 is 15.1 Å². The summed E-state index contributed by atoms with van der Waals surface area (Å²) in [5, 5.41) is 3.41. The van der Waals surface area contributed by atoms with Crippen molar-refractivity contribution in [1.82, 2.24) is 15.1 Å². The predicted molar refractivity (Wildman–Crippen MR) is 106 cm³/mol. The molecule has 0 aliphatic carbocycles. The highest BCUT2D eigenvalue weighted by Gasteiger charge is 2.31. The maximum Gasteiger partial charge on any atom is 0.241 e. The smallest absolute Gasteiger partial charge is 0.241 e. The fourth-order valence-corrected chi connectivity index (χ4v) is 4.31. The van der Waals surface area contributed by atoms with Gasteiger partial charge in [-0.2, -0.15) is 0 Å². The lowest BCUT2D eigenvalue weighted by Crippen LogP contribution is -2.61. The number of thioether (sulfide) groups is 1. The van der Waals surface area contributed by atoms with E-state index in [-0.39, 0.29) is 11.9 Å². The third-order valence-electron chi connectivity index (χ3n) is 5.25. The Morgan fingerprint density at radius 2 is 1.88 bits per heavy atom. The van der Waals surface area contributed by atoms with Crippen molar-refractivity contribution in [2.75, 3.05) is 57.0 Å². The highest BCUT2D eigenvalue weighted by atomic mass is 32.2. The van der Waals surface area contributed by atoms with E-state index in [1.165, 1.54) is 10.6 Å². The zero-order valence-electron chi connectivity index (χ0n) is 15.6. The van der Waals surface area contributed by atoms with Gasteiger partial charge in [-0.05, 0) is 32.2 Å². The first-order chi connectivity index (χ1) is 12.1. The van der Waals surface area contributed by atoms with E-state index >= 15 is 0 Å². The summed E-state index contributed by atoms with van der Waals surface area (Å²) in [7, 11) is 0. The Kier molecular flexibility index (Phi) is 6.25. The number of benzene rings is 1. The van der Waals surface area contributed by atoms with Crippen LogP contribution in [0.15, 0.2) is 29.2 Å². The number of para-hydroxylation sites is 1. The molecule has 1 N–H and O–H groups in total. The number of anilines is 1. The normalized spacial score (nSPS) is 22.5. The average molecular weight is 363 g/mol. The molecule has 2 aliphatic heterocycles. The molecule has 2 heterocycles. The maximum absolute atomic E-state index is 12.9. The van der Waals surface area contributed by atoms with Gasteiger partial charge in [-0.15, -0.1) is 11.8 Å². The average Bonchev–Trinajstić information content (AvgIpc) is 2.67. The summed E-state index contributed by atoms with van der Waals surface area (Å²) in [6.45, 7) is 10.6. The quantitative estimate of drug-likeness (QED) is 0.826. The molecule has 0 aromatic heterocycles. The minimum atomic E-state index is -0.0545. The number of carbonyl (C=O) groups is 1. The van der Waals surface area contributed by atoms with Crippen LogP contribution < -0.4 is 10.2 Å². The molecule has 6 heteroatoms. The molecule has 2 saturated heterocycles. The van der Waals surface area contributed by atoms with Gasteiger partial charge in [0.2, 0.25) is 5.91 Å². The van der Waals surface area contributed by atoms with E-state index in [9.17, 15) is 4.79 Å². The van der Waals surface area contributed by atoms with E-state index in [2.05, 4.69) is 59.5 Å². The standard InChI is InChI=1S/C19H30N4OS/c1-15(2)23-9-8-20-16(14-23)19(24)22-12-10-21(11-13-22)17-6-4-5-7-18(17)25-3/h4-7,15-16,20H,8-14H2,1-3H3/t16-/m1/s1. The van der Waals surface area contributed by atoms with E-state index in [1.807, 2.05) is 4.90 Å². The van der Waals surface area contributed by atoms with Crippen molar-refractivity contribution in [3.05, 3.63) is 24.3 Å². The number of piperazine rings is 2. The molecular weight excluding hydrogens is 332 g/mol. The first kappa shape index (κ1) is 18.5. The lowest BCUT2D eigenvalue weighted by molar-refractivity contribution is -0.135. The zero-order valence-corrected chi connectivity index (χ0v) is 16.4. The lowest BCUT2D eigenvalue weighted by Gasteiger charge is -2.41. The first-order valence-electron chi connectivity index (χ1n) is 9.24. The molecule has 0 unspecified atom stereocenters. The SMILES string of the molecule is CSc1ccccc1N1CCN(C(=O)[C@H]2CN(C(C)C)CCN2)CC1. The van der Waals surface area contributed by atoms with Gasteiger partial charge >= 0.3 is 0 Å². The Hall–Kier alpha value is -1.24. The largest absolute Gasteiger partial charge is 0.367 e. The third-order valence-corrected chi connectivity index (χ3v) is 6.04. The molecule has 1 aromatic carbocycles. The topological polar surface area (TPSA) is 38.8 Å². The Balaban J connectivity index is 1.57. The molecule has 0 saturated carbocycles. The number of rotatable bonds is 4. The Morgan fingerprint density at radius 1 is 1.16 bits per heavy atom. The Morgan fingerprint density at radius 3 is 2.56 bits per heavy atom. The lowest BCUT2D eigenvalue weighted by atomic mass is 10.1. The highest BCUT2D eigenvalue weighted by molar-refractivity contribution is 7.98. The van der Waals surface area contributed by atoms with Crippen molar-refractivity contribution >= 4 is 23.4 Å². The molecule has 1 aromatic rings. The van der Waals surface area contributed by atoms with Gasteiger partial charge in [0.15, 0.2) is 0 Å². The van der Waals surface area contributed by atoms with Crippen LogP contribution >= 0.6 is 11.8 Å². The number of hydrogen-bond acceptors (Lipinski definition) is 5. The summed E-state index contributed by atoms with van der Waals surface area (Å²) < 4.78 is 0. The maximum atomic E-state index is 12.9. The van der Waals surface area contributed by atoms with Gasteiger partial charge in [0.05, 0.1) is 11.7 Å². The van der Waals surface area contributed by atoms with Crippen LogP contribution in [-0.2, 0) is 4.79 Å². The summed E-state index contributed by atoms with van der Waals surface area (Å²) in [6.07, 6.45) is 2.12. The minimum absolute atomic E-state index is 0.0545. The molecule has 25 heavy (non-hydrogen) atoms. The summed E-state index contributed by atoms with van der Waals surface area (Å²) in [4.78, 5) is 21.1. The van der Waals surface area contributed by atoms with Crippen LogP contribution in [0.25, 0.3) is 0 Å². The summed E-state index contributed by atoms with van der Waals surface area (Å²) in [5.41, 5.74) is 1.30. The fraction of sp³-hybridized carbons (Fsp3) is 0.632. The van der Waals surface area contributed by atoms with Crippen LogP contribution in [0.4, 0.5) is 5.69 Å². The Labute approximate surface area is 155 Å². The monoisotopic (exact) mass is 362 g/mol. The summed E-state index contributed by atoms with van der Waals surface area (Å²) in [5.74, 6) is 0.267. The van der Waals surface area contributed by atoms with Crippen LogP contribution in [0.2, 0.25) is 0 Å². The molecule has 138 valence electrons. The van der Waals surface area contributed by atoms with Crippen LogP contribution in [-0.4, -0.2) is 79.9 Å². The van der Waals surface area contributed by atoms with E-state index in [4.69, 9.17) is 0 Å². The summed E-state index contributed by atoms with van der Waals surface area (Å²) >= 11 is 1.78. The number of nitrogens with zero attached hydrogens (tertiary/aromatic N) is 3. The second-order valence-electron chi connectivity index (χ2n) is 7.08. The van der Waals surface area contributed by atoms with Gasteiger partial charge in [-0.1, -0.05) is 12.1 Å². The van der Waals surface area contributed by atoms with E-state index in [1.54, 1.807) is 11.8 Å². The van der Waals surface area contributed by atoms with E-state index in [0.29, 0.717) is 6.04 Å². The number of hydrogen-bond donors (Lipinski definition) is 1. The fourth-order valence-electron chi connectivity index (χ4n) is 3.69. The number of nitrogens with one attached hydrogen (secondary N) is 1. The third kappa shape index (κ3) is 4.30. The number of carbonyl (C=O) groups excluding carboxylic acids is 1. The molecule has 0 radical (unpaired) electrons. The van der Waals surface area contributed by atoms with Crippen LogP contribution in [0, 0.1) is 0 Å². The zero-order chi connectivity index (χ0) is 17.8. The van der Waals surface area contributed by atoms with Gasteiger partial charge in [0, 0.05) is 56.8 Å². The number of amides is 1. The molecule has 0 bridgehead atoms.